The molecular weight excluding hydrogens is 170 g/mol. The van der Waals surface area contributed by atoms with Gasteiger partial charge in [0.05, 0.1) is 11.1 Å². The van der Waals surface area contributed by atoms with Crippen molar-refractivity contribution in [2.75, 3.05) is 7.05 Å². The van der Waals surface area contributed by atoms with Crippen LogP contribution >= 0.6 is 0 Å². The minimum absolute atomic E-state index is 0.0170. The number of nitrogens with one attached hydrogen (secondary N) is 1. The van der Waals surface area contributed by atoms with E-state index in [-0.39, 0.29) is 11.1 Å². The minimum atomic E-state index is -0.916. The second kappa shape index (κ2) is 3.71. The van der Waals surface area contributed by atoms with Crippen LogP contribution < -0.4 is 5.31 Å². The highest BCUT2D eigenvalue weighted by Gasteiger charge is 2.13. The lowest BCUT2D eigenvalue weighted by Gasteiger charge is -2.02. The van der Waals surface area contributed by atoms with Crippen molar-refractivity contribution in [1.82, 2.24) is 5.31 Å². The third kappa shape index (κ3) is 1.84. The van der Waals surface area contributed by atoms with E-state index in [0.29, 0.717) is 5.31 Å². The van der Waals surface area contributed by atoms with Crippen LogP contribution in [0.4, 0.5) is 0 Å². The molecule has 0 saturated carbocycles. The zero-order valence-corrected chi connectivity index (χ0v) is 6.98. The molecule has 1 aromatic rings. The molecule has 0 unspecified atom stereocenters. The maximum Gasteiger partial charge on any atom is 0.336 e. The molecule has 2 N–H and O–H groups in total. The molecular formula is C9H9NO3. The van der Waals surface area contributed by atoms with Gasteiger partial charge in [0, 0.05) is 7.05 Å². The molecule has 0 radical (unpaired) electrons. The van der Waals surface area contributed by atoms with E-state index in [1.54, 1.807) is 12.1 Å². The monoisotopic (exact) mass is 181 g/mol. The first-order valence-corrected chi connectivity index (χ1v) is 3.61. The maximum absolute atomic E-state index is 11.5. The maximum atomic E-state index is 11.5. The van der Waals surface area contributed by atoms with Crippen molar-refractivity contribution in [2.45, 2.75) is 0 Å². The highest BCUT2D eigenvalue weighted by atomic mass is 16.4. The summed E-state index contributed by atoms with van der Waals surface area (Å²) in [6, 6.07) is 5.89. The summed E-state index contributed by atoms with van der Waals surface area (Å²) in [7, 11) is 1.26. The predicted molar refractivity (Wildman–Crippen MR) is 46.8 cm³/mol. The van der Waals surface area contributed by atoms with Gasteiger partial charge in [-0.2, -0.15) is 0 Å². The van der Waals surface area contributed by atoms with Crippen LogP contribution in [-0.4, -0.2) is 24.0 Å². The van der Waals surface area contributed by atoms with Crippen LogP contribution in [0, 0.1) is 0 Å². The van der Waals surface area contributed by atoms with Crippen LogP contribution in [0.1, 0.15) is 20.7 Å². The first kappa shape index (κ1) is 6.65. The second-order valence-electron chi connectivity index (χ2n) is 2.36. The molecule has 0 aliphatic carbocycles. The van der Waals surface area contributed by atoms with Gasteiger partial charge >= 0.3 is 5.97 Å². The standard InChI is InChI=1S/C9H9NO3/c1-10-8(11)6-4-2-3-5-7(6)9(12)13/h2-5H,1H3,(H,10,11)(H,12,13)/i/hD2. The number of aromatic carboxylic acids is 1. The van der Waals surface area contributed by atoms with E-state index < -0.39 is 11.9 Å². The third-order valence-corrected chi connectivity index (χ3v) is 1.58. The van der Waals surface area contributed by atoms with E-state index in [2.05, 4.69) is 5.11 Å². The summed E-state index contributed by atoms with van der Waals surface area (Å²) >= 11 is 0. The van der Waals surface area contributed by atoms with Crippen molar-refractivity contribution in [3.05, 3.63) is 35.4 Å². The first-order valence-electron chi connectivity index (χ1n) is 4.47. The molecule has 4 heteroatoms. The van der Waals surface area contributed by atoms with Gasteiger partial charge in [-0.15, -0.1) is 0 Å². The van der Waals surface area contributed by atoms with Gasteiger partial charge in [-0.3, -0.25) is 4.79 Å². The summed E-state index contributed by atoms with van der Waals surface area (Å²) in [5.41, 5.74) is 0.0313. The molecule has 0 aromatic heterocycles. The quantitative estimate of drug-likeness (QED) is 0.707. The number of benzene rings is 1. The Morgan fingerprint density at radius 2 is 2.08 bits per heavy atom. The van der Waals surface area contributed by atoms with Gasteiger partial charge in [0.15, 0.2) is 1.41 Å². The Hall–Kier alpha value is -1.84. The topological polar surface area (TPSA) is 66.4 Å². The fourth-order valence-corrected chi connectivity index (χ4v) is 0.968. The fourth-order valence-electron chi connectivity index (χ4n) is 0.968. The van der Waals surface area contributed by atoms with E-state index in [0.717, 1.165) is 0 Å². The number of carboxylic acids is 1. The highest BCUT2D eigenvalue weighted by Crippen LogP contribution is 2.07. The molecule has 0 atom stereocenters. The van der Waals surface area contributed by atoms with Gasteiger partial charge in [-0.25, -0.2) is 4.79 Å². The molecule has 0 spiro atoms. The molecule has 13 heavy (non-hydrogen) atoms. The second-order valence-corrected chi connectivity index (χ2v) is 2.36. The third-order valence-electron chi connectivity index (χ3n) is 1.58. The zero-order chi connectivity index (χ0) is 11.4. The first-order chi connectivity index (χ1) is 7.07. The lowest BCUT2D eigenvalue weighted by Crippen LogP contribution is -2.20. The molecule has 4 nitrogen and oxygen atoms in total. The molecule has 0 bridgehead atoms. The Morgan fingerprint density at radius 1 is 1.46 bits per heavy atom. The Labute approximate surface area is 78.1 Å². The van der Waals surface area contributed by atoms with Crippen molar-refractivity contribution < 1.29 is 16.1 Å². The van der Waals surface area contributed by atoms with Gasteiger partial charge in [-0.05, 0) is 12.1 Å². The van der Waals surface area contributed by atoms with Gasteiger partial charge in [0.1, 0.15) is 0 Å². The molecule has 0 aliphatic rings. The van der Waals surface area contributed by atoms with Crippen molar-refractivity contribution in [1.29, 1.82) is 1.43 Å². The Balaban J connectivity index is 3.18. The molecule has 0 heterocycles. The molecule has 0 saturated heterocycles. The largest absolute Gasteiger partial charge is 0.478 e. The summed E-state index contributed by atoms with van der Waals surface area (Å²) in [5.74, 6) is -1.54. The van der Waals surface area contributed by atoms with Crippen molar-refractivity contribution in [2.24, 2.45) is 0 Å². The number of carbonyl (C=O) groups is 2. The number of carboxylic acid groups (broad SMARTS) is 1. The van der Waals surface area contributed by atoms with Crippen LogP contribution in [0.3, 0.4) is 0 Å². The van der Waals surface area contributed by atoms with Gasteiger partial charge in [-0.1, -0.05) is 12.1 Å². The van der Waals surface area contributed by atoms with E-state index in [1.165, 1.54) is 19.2 Å². The summed E-state index contributed by atoms with van der Waals surface area (Å²) < 4.78 is 13.6. The van der Waals surface area contributed by atoms with E-state index in [9.17, 15) is 9.59 Å². The van der Waals surface area contributed by atoms with E-state index in [1.807, 2.05) is 0 Å². The van der Waals surface area contributed by atoms with Crippen LogP contribution in [0.5, 0.6) is 0 Å². The lowest BCUT2D eigenvalue weighted by atomic mass is 10.1. The fraction of sp³-hybridized carbons (Fsp3) is 0.111. The van der Waals surface area contributed by atoms with Gasteiger partial charge in [0.2, 0.25) is 0 Å². The van der Waals surface area contributed by atoms with Gasteiger partial charge in [0.25, 0.3) is 7.34 Å². The van der Waals surface area contributed by atoms with Crippen LogP contribution in [0.2, 0.25) is 1.41 Å². The summed E-state index contributed by atoms with van der Waals surface area (Å²) in [5, 5.41) is 4.39. The van der Waals surface area contributed by atoms with Crippen molar-refractivity contribution >= 4 is 11.9 Å². The SMILES string of the molecule is [2H]OC(=O)c1ccccc1C(=O)N([2H])C. The Morgan fingerprint density at radius 3 is 2.62 bits per heavy atom. The summed E-state index contributed by atoms with van der Waals surface area (Å²) in [4.78, 5) is 22.6. The van der Waals surface area contributed by atoms with Gasteiger partial charge < -0.3 is 10.4 Å². The molecule has 0 aliphatic heterocycles. The van der Waals surface area contributed by atoms with Crippen LogP contribution in [-0.2, 0) is 0 Å². The molecule has 68 valence electrons. The molecule has 1 aromatic carbocycles. The average molecular weight is 181 g/mol. The lowest BCUT2D eigenvalue weighted by molar-refractivity contribution is 0.0691. The number of hydrogen-bond donors (Lipinski definition) is 2. The van der Waals surface area contributed by atoms with E-state index >= 15 is 0 Å². The highest BCUT2D eigenvalue weighted by molar-refractivity contribution is 6.04. The minimum Gasteiger partial charge on any atom is -0.478 e. The molecule has 1 rings (SSSR count). The van der Waals surface area contributed by atoms with Crippen LogP contribution in [0.15, 0.2) is 24.3 Å². The Bertz CT molecular complexity index is 393. The summed E-state index contributed by atoms with van der Waals surface area (Å²) in [6.45, 7) is 0. The number of hydrogen-bond acceptors (Lipinski definition) is 3. The van der Waals surface area contributed by atoms with Crippen molar-refractivity contribution in [3.63, 3.8) is 0 Å². The smallest absolute Gasteiger partial charge is 0.336 e. The average Bonchev–Trinajstić information content (AvgIpc) is 2.27. The number of carbonyl (C=O) groups excluding carboxylic acids is 1. The van der Waals surface area contributed by atoms with Crippen LogP contribution in [0.25, 0.3) is 1.43 Å². The zero-order valence-electron chi connectivity index (χ0n) is 8.98. The number of rotatable bonds is 2. The predicted octanol–water partition coefficient (Wildman–Crippen LogP) is 0.744. The van der Waals surface area contributed by atoms with Crippen molar-refractivity contribution in [3.8, 4) is 0 Å². The number of amides is 1. The van der Waals surface area contributed by atoms with E-state index in [4.69, 9.17) is 2.84 Å². The Kier molecular flexibility index (Phi) is 1.90. The molecule has 0 fully saturated rings. The normalized spacial score (nSPS) is 11.2. The summed E-state index contributed by atoms with van der Waals surface area (Å²) in [6.07, 6.45) is 0. The molecule has 1 amide bonds.